The lowest BCUT2D eigenvalue weighted by Crippen LogP contribution is -2.24. The summed E-state index contributed by atoms with van der Waals surface area (Å²) in [6.07, 6.45) is -4.87. The molecule has 0 fully saturated rings. The van der Waals surface area contributed by atoms with E-state index < -0.39 is 55.7 Å². The van der Waals surface area contributed by atoms with Crippen LogP contribution in [-0.2, 0) is 22.7 Å². The monoisotopic (exact) mass is 416 g/mol. The normalized spacial score (nSPS) is 12.4. The molecule has 3 aromatic rings. The minimum absolute atomic E-state index is 0.148. The van der Waals surface area contributed by atoms with Crippen molar-refractivity contribution in [3.8, 4) is 5.75 Å². The van der Waals surface area contributed by atoms with Crippen LogP contribution in [0.1, 0.15) is 11.1 Å². The Morgan fingerprint density at radius 1 is 1.11 bits per heavy atom. The van der Waals surface area contributed by atoms with Crippen molar-refractivity contribution in [1.29, 1.82) is 0 Å². The fraction of sp³-hybridized carbons (Fsp3) is 0.118. The maximum Gasteiger partial charge on any atom is 0.417 e. The van der Waals surface area contributed by atoms with E-state index in [1.807, 2.05) is 0 Å². The van der Waals surface area contributed by atoms with Crippen LogP contribution in [0.3, 0.4) is 0 Å². The van der Waals surface area contributed by atoms with Gasteiger partial charge in [0.2, 0.25) is 15.6 Å². The lowest BCUT2D eigenvalue weighted by atomic mass is 10.1. The second-order valence-corrected chi connectivity index (χ2v) is 7.59. The van der Waals surface area contributed by atoms with E-state index in [1.165, 1.54) is 12.1 Å². The van der Waals surface area contributed by atoms with E-state index in [4.69, 9.17) is 0 Å². The van der Waals surface area contributed by atoms with Gasteiger partial charge in [0.05, 0.1) is 10.5 Å². The van der Waals surface area contributed by atoms with Gasteiger partial charge in [0.15, 0.2) is 11.6 Å². The van der Waals surface area contributed by atoms with Crippen LogP contribution in [0.4, 0.5) is 17.6 Å². The second-order valence-electron chi connectivity index (χ2n) is 5.83. The number of H-pyrrole nitrogens is 1. The van der Waals surface area contributed by atoms with Crippen molar-refractivity contribution in [2.24, 2.45) is 0 Å². The van der Waals surface area contributed by atoms with Crippen molar-refractivity contribution >= 4 is 20.9 Å². The van der Waals surface area contributed by atoms with Crippen LogP contribution < -0.4 is 10.3 Å². The predicted octanol–water partition coefficient (Wildman–Crippen LogP) is 2.87. The molecule has 28 heavy (non-hydrogen) atoms. The number of aromatic hydroxyl groups is 1. The highest BCUT2D eigenvalue weighted by Gasteiger charge is 2.33. The maximum atomic E-state index is 13.8. The van der Waals surface area contributed by atoms with Crippen molar-refractivity contribution in [3.63, 3.8) is 0 Å². The molecule has 0 atom stereocenters. The van der Waals surface area contributed by atoms with E-state index >= 15 is 0 Å². The number of nitrogens with one attached hydrogen (secondary N) is 2. The van der Waals surface area contributed by atoms with Crippen molar-refractivity contribution in [2.75, 3.05) is 0 Å². The average Bonchev–Trinajstić information content (AvgIpc) is 2.61. The zero-order chi connectivity index (χ0) is 20.7. The van der Waals surface area contributed by atoms with Crippen LogP contribution in [-0.4, -0.2) is 18.5 Å². The number of hydrogen-bond acceptors (Lipinski definition) is 4. The Bertz CT molecular complexity index is 1220. The number of rotatable bonds is 4. The quantitative estimate of drug-likeness (QED) is 0.570. The van der Waals surface area contributed by atoms with Crippen LogP contribution in [0.15, 0.2) is 52.2 Å². The molecule has 1 heterocycles. The third-order valence-corrected chi connectivity index (χ3v) is 5.34. The molecule has 6 nitrogen and oxygen atoms in total. The third-order valence-electron chi connectivity index (χ3n) is 3.94. The first-order chi connectivity index (χ1) is 13.0. The topological polar surface area (TPSA) is 99.3 Å². The minimum atomic E-state index is -4.87. The smallest absolute Gasteiger partial charge is 0.417 e. The highest BCUT2D eigenvalue weighted by molar-refractivity contribution is 7.89. The summed E-state index contributed by atoms with van der Waals surface area (Å²) in [7, 11) is -4.31. The Balaban J connectivity index is 2.01. The summed E-state index contributed by atoms with van der Waals surface area (Å²) in [5.74, 6) is -1.68. The lowest BCUT2D eigenvalue weighted by Gasteiger charge is -2.12. The molecule has 0 radical (unpaired) electrons. The Morgan fingerprint density at radius 3 is 2.50 bits per heavy atom. The fourth-order valence-electron chi connectivity index (χ4n) is 2.59. The van der Waals surface area contributed by atoms with Gasteiger partial charge in [-0.05, 0) is 24.3 Å². The van der Waals surface area contributed by atoms with Gasteiger partial charge in [-0.25, -0.2) is 17.5 Å². The standard InChI is InChI=1S/C17H12F4N2O4S/c18-16-9(2-1-3-14(16)24)8-22-28(26,27)10-4-5-13-11(6-10)12(17(19,20)21)7-15(25)23-13/h1-7,22,24H,8H2,(H,23,25). The summed E-state index contributed by atoms with van der Waals surface area (Å²) in [5.41, 5.74) is -2.59. The molecule has 0 saturated heterocycles. The molecule has 0 bridgehead atoms. The molecule has 0 amide bonds. The number of pyridine rings is 1. The Labute approximate surface area is 155 Å². The molecule has 2 aromatic carbocycles. The first-order valence-electron chi connectivity index (χ1n) is 7.69. The Kier molecular flexibility index (Phi) is 4.90. The van der Waals surface area contributed by atoms with Gasteiger partial charge in [-0.3, -0.25) is 4.79 Å². The number of alkyl halides is 3. The van der Waals surface area contributed by atoms with Crippen LogP contribution >= 0.6 is 0 Å². The number of phenolic OH excluding ortho intramolecular Hbond substituents is 1. The van der Waals surface area contributed by atoms with Crippen molar-refractivity contribution in [2.45, 2.75) is 17.6 Å². The van der Waals surface area contributed by atoms with E-state index in [1.54, 1.807) is 0 Å². The van der Waals surface area contributed by atoms with Gasteiger partial charge >= 0.3 is 6.18 Å². The highest BCUT2D eigenvalue weighted by atomic mass is 32.2. The first-order valence-corrected chi connectivity index (χ1v) is 9.17. The number of halogens is 4. The number of aromatic amines is 1. The van der Waals surface area contributed by atoms with Crippen LogP contribution in [0, 0.1) is 5.82 Å². The Hall–Kier alpha value is -2.92. The summed E-state index contributed by atoms with van der Waals surface area (Å²) in [4.78, 5) is 13.1. The van der Waals surface area contributed by atoms with Gasteiger partial charge in [-0.2, -0.15) is 13.2 Å². The van der Waals surface area contributed by atoms with Crippen LogP contribution in [0.25, 0.3) is 10.9 Å². The SMILES string of the molecule is O=c1cc(C(F)(F)F)c2cc(S(=O)(=O)NCc3cccc(O)c3F)ccc2[nH]1. The molecule has 0 aliphatic rings. The fourth-order valence-corrected chi connectivity index (χ4v) is 3.63. The van der Waals surface area contributed by atoms with Gasteiger partial charge in [0.1, 0.15) is 0 Å². The van der Waals surface area contributed by atoms with E-state index in [2.05, 4.69) is 9.71 Å². The summed E-state index contributed by atoms with van der Waals surface area (Å²) < 4.78 is 80.3. The largest absolute Gasteiger partial charge is 0.505 e. The molecule has 0 aliphatic heterocycles. The minimum Gasteiger partial charge on any atom is -0.505 e. The van der Waals surface area contributed by atoms with E-state index in [9.17, 15) is 35.9 Å². The zero-order valence-corrected chi connectivity index (χ0v) is 14.7. The number of phenols is 1. The van der Waals surface area contributed by atoms with Crippen LogP contribution in [0.2, 0.25) is 0 Å². The van der Waals surface area contributed by atoms with E-state index in [0.29, 0.717) is 6.07 Å². The summed E-state index contributed by atoms with van der Waals surface area (Å²) in [5, 5.41) is 8.80. The average molecular weight is 416 g/mol. The number of benzene rings is 2. The first kappa shape index (κ1) is 19.8. The highest BCUT2D eigenvalue weighted by Crippen LogP contribution is 2.34. The zero-order valence-electron chi connectivity index (χ0n) is 13.8. The second kappa shape index (κ2) is 6.91. The molecule has 0 saturated carbocycles. The molecule has 0 spiro atoms. The Morgan fingerprint density at radius 2 is 1.82 bits per heavy atom. The number of sulfonamides is 1. The molecular formula is C17H12F4N2O4S. The van der Waals surface area contributed by atoms with Gasteiger partial charge in [-0.15, -0.1) is 0 Å². The van der Waals surface area contributed by atoms with Crippen LogP contribution in [0.5, 0.6) is 5.75 Å². The molecule has 3 rings (SSSR count). The molecule has 0 aliphatic carbocycles. The summed E-state index contributed by atoms with van der Waals surface area (Å²) >= 11 is 0. The maximum absolute atomic E-state index is 13.8. The molecule has 148 valence electrons. The molecule has 11 heteroatoms. The van der Waals surface area contributed by atoms with Crippen molar-refractivity contribution < 1.29 is 31.1 Å². The van der Waals surface area contributed by atoms with Gasteiger partial charge in [-0.1, -0.05) is 12.1 Å². The van der Waals surface area contributed by atoms with Gasteiger partial charge in [0.25, 0.3) is 0 Å². The van der Waals surface area contributed by atoms with E-state index in [-0.39, 0.29) is 11.1 Å². The third kappa shape index (κ3) is 3.85. The number of fused-ring (bicyclic) bond motifs is 1. The van der Waals surface area contributed by atoms with Crippen molar-refractivity contribution in [1.82, 2.24) is 9.71 Å². The van der Waals surface area contributed by atoms with E-state index in [0.717, 1.165) is 24.3 Å². The number of aromatic nitrogens is 1. The molecule has 1 aromatic heterocycles. The van der Waals surface area contributed by atoms with Gasteiger partial charge < -0.3 is 10.1 Å². The van der Waals surface area contributed by atoms with Gasteiger partial charge in [0, 0.05) is 29.1 Å². The lowest BCUT2D eigenvalue weighted by molar-refractivity contribution is -0.136. The predicted molar refractivity (Wildman–Crippen MR) is 91.7 cm³/mol. The molecule has 3 N–H and O–H groups in total. The van der Waals surface area contributed by atoms with Crippen molar-refractivity contribution in [3.05, 3.63) is 69.8 Å². The summed E-state index contributed by atoms with van der Waals surface area (Å²) in [6.45, 7) is -0.529. The summed E-state index contributed by atoms with van der Waals surface area (Å²) in [6, 6.07) is 6.79. The molecular weight excluding hydrogens is 404 g/mol. The molecule has 0 unspecified atom stereocenters. The number of hydrogen-bond donors (Lipinski definition) is 3.